The predicted molar refractivity (Wildman–Crippen MR) is 73.5 cm³/mol. The standard InChI is InChI=1S/C12H19N3O4S/c1-20(17,18)15-7-11-12(16)10(8-19-11)14-6-9-2-4-13-5-3-9/h2-5,10-12,14-16H,6-8H2,1H3/t10-,11-,12+/m1/s1. The molecule has 0 spiro atoms. The normalized spacial score (nSPS) is 26.8. The molecule has 1 fully saturated rings. The fourth-order valence-corrected chi connectivity index (χ4v) is 2.49. The van der Waals surface area contributed by atoms with Crippen molar-refractivity contribution in [2.75, 3.05) is 19.4 Å². The quantitative estimate of drug-likeness (QED) is 0.613. The molecular formula is C12H19N3O4S. The number of pyridine rings is 1. The van der Waals surface area contributed by atoms with Gasteiger partial charge in [0.1, 0.15) is 0 Å². The van der Waals surface area contributed by atoms with Gasteiger partial charge in [0.15, 0.2) is 0 Å². The second-order valence-electron chi connectivity index (χ2n) is 4.83. The summed E-state index contributed by atoms with van der Waals surface area (Å²) in [5, 5.41) is 13.3. The minimum absolute atomic E-state index is 0.0768. The first kappa shape index (κ1) is 15.3. The van der Waals surface area contributed by atoms with E-state index < -0.39 is 22.2 Å². The van der Waals surface area contributed by atoms with E-state index in [0.717, 1.165) is 11.8 Å². The highest BCUT2D eigenvalue weighted by Gasteiger charge is 2.35. The minimum Gasteiger partial charge on any atom is -0.389 e. The Kier molecular flexibility index (Phi) is 5.06. The Morgan fingerprint density at radius 1 is 1.45 bits per heavy atom. The van der Waals surface area contributed by atoms with Crippen LogP contribution in [0.2, 0.25) is 0 Å². The Hall–Kier alpha value is -1.06. The number of hydrogen-bond donors (Lipinski definition) is 3. The van der Waals surface area contributed by atoms with Gasteiger partial charge in [-0.2, -0.15) is 0 Å². The maximum absolute atomic E-state index is 11.0. The first-order valence-electron chi connectivity index (χ1n) is 6.32. The summed E-state index contributed by atoms with van der Waals surface area (Å²) in [5.74, 6) is 0. The molecule has 0 aliphatic carbocycles. The second-order valence-corrected chi connectivity index (χ2v) is 6.66. The molecule has 1 aromatic heterocycles. The molecule has 20 heavy (non-hydrogen) atoms. The van der Waals surface area contributed by atoms with E-state index in [1.807, 2.05) is 12.1 Å². The van der Waals surface area contributed by atoms with Gasteiger partial charge in [0.2, 0.25) is 10.0 Å². The number of nitrogens with one attached hydrogen (secondary N) is 2. The number of aliphatic hydroxyl groups is 1. The third kappa shape index (κ3) is 4.50. The smallest absolute Gasteiger partial charge is 0.208 e. The van der Waals surface area contributed by atoms with Crippen LogP contribution in [0, 0.1) is 0 Å². The molecular weight excluding hydrogens is 282 g/mol. The molecule has 3 N–H and O–H groups in total. The van der Waals surface area contributed by atoms with Gasteiger partial charge in [0, 0.05) is 25.5 Å². The van der Waals surface area contributed by atoms with Crippen molar-refractivity contribution in [1.29, 1.82) is 0 Å². The molecule has 0 saturated carbocycles. The van der Waals surface area contributed by atoms with Gasteiger partial charge >= 0.3 is 0 Å². The Labute approximate surface area is 118 Å². The summed E-state index contributed by atoms with van der Waals surface area (Å²) in [6, 6.07) is 3.56. The van der Waals surface area contributed by atoms with Crippen LogP contribution in [-0.2, 0) is 21.3 Å². The molecule has 1 saturated heterocycles. The van der Waals surface area contributed by atoms with Crippen LogP contribution < -0.4 is 10.0 Å². The third-order valence-electron chi connectivity index (χ3n) is 3.15. The molecule has 2 rings (SSSR count). The molecule has 0 bridgehead atoms. The highest BCUT2D eigenvalue weighted by molar-refractivity contribution is 7.88. The number of aliphatic hydroxyl groups excluding tert-OH is 1. The molecule has 0 radical (unpaired) electrons. The van der Waals surface area contributed by atoms with Crippen LogP contribution in [0.5, 0.6) is 0 Å². The molecule has 1 aliphatic rings. The molecule has 112 valence electrons. The number of aromatic nitrogens is 1. The van der Waals surface area contributed by atoms with Gasteiger partial charge in [-0.05, 0) is 17.7 Å². The molecule has 8 heteroatoms. The van der Waals surface area contributed by atoms with E-state index in [2.05, 4.69) is 15.0 Å². The summed E-state index contributed by atoms with van der Waals surface area (Å²) in [6.07, 6.45) is 3.22. The Bertz CT molecular complexity index is 523. The molecule has 1 aliphatic heterocycles. The number of sulfonamides is 1. The summed E-state index contributed by atoms with van der Waals surface area (Å²) in [4.78, 5) is 3.93. The Balaban J connectivity index is 1.80. The maximum atomic E-state index is 11.0. The first-order valence-corrected chi connectivity index (χ1v) is 8.21. The zero-order chi connectivity index (χ0) is 14.6. The van der Waals surface area contributed by atoms with E-state index in [1.165, 1.54) is 0 Å². The topological polar surface area (TPSA) is 101 Å². The van der Waals surface area contributed by atoms with Gasteiger partial charge in [-0.15, -0.1) is 0 Å². The average molecular weight is 301 g/mol. The van der Waals surface area contributed by atoms with Crippen LogP contribution in [0.25, 0.3) is 0 Å². The van der Waals surface area contributed by atoms with Gasteiger partial charge in [-0.25, -0.2) is 13.1 Å². The van der Waals surface area contributed by atoms with Crippen molar-refractivity contribution in [2.24, 2.45) is 0 Å². The summed E-state index contributed by atoms with van der Waals surface area (Å²) in [6.45, 7) is 1.02. The second kappa shape index (κ2) is 6.59. The summed E-state index contributed by atoms with van der Waals surface area (Å²) < 4.78 is 29.8. The minimum atomic E-state index is -3.28. The van der Waals surface area contributed by atoms with Gasteiger partial charge in [0.05, 0.1) is 31.1 Å². The zero-order valence-electron chi connectivity index (χ0n) is 11.2. The third-order valence-corrected chi connectivity index (χ3v) is 3.84. The largest absolute Gasteiger partial charge is 0.389 e. The lowest BCUT2D eigenvalue weighted by molar-refractivity contribution is 0.0444. The fraction of sp³-hybridized carbons (Fsp3) is 0.583. The number of hydrogen-bond acceptors (Lipinski definition) is 6. The molecule has 7 nitrogen and oxygen atoms in total. The van der Waals surface area contributed by atoms with Gasteiger partial charge < -0.3 is 15.2 Å². The van der Waals surface area contributed by atoms with Crippen molar-refractivity contribution in [2.45, 2.75) is 24.8 Å². The van der Waals surface area contributed by atoms with Crippen LogP contribution in [0.3, 0.4) is 0 Å². The first-order chi connectivity index (χ1) is 9.46. The molecule has 0 amide bonds. The highest BCUT2D eigenvalue weighted by atomic mass is 32.2. The lowest BCUT2D eigenvalue weighted by atomic mass is 10.1. The van der Waals surface area contributed by atoms with E-state index >= 15 is 0 Å². The van der Waals surface area contributed by atoms with E-state index in [9.17, 15) is 13.5 Å². The molecule has 1 aromatic rings. The van der Waals surface area contributed by atoms with Crippen molar-refractivity contribution in [3.8, 4) is 0 Å². The molecule has 0 unspecified atom stereocenters. The Morgan fingerprint density at radius 3 is 2.80 bits per heavy atom. The van der Waals surface area contributed by atoms with Crippen LogP contribution in [0.15, 0.2) is 24.5 Å². The lowest BCUT2D eigenvalue weighted by Gasteiger charge is -2.18. The van der Waals surface area contributed by atoms with Crippen LogP contribution in [0.1, 0.15) is 5.56 Å². The molecule has 2 heterocycles. The SMILES string of the molecule is CS(=O)(=O)NC[C@H]1OC[C@@H](NCc2ccncc2)[C@@H]1O. The van der Waals surface area contributed by atoms with E-state index in [1.54, 1.807) is 12.4 Å². The lowest BCUT2D eigenvalue weighted by Crippen LogP contribution is -2.44. The van der Waals surface area contributed by atoms with Crippen LogP contribution >= 0.6 is 0 Å². The van der Waals surface area contributed by atoms with Crippen LogP contribution in [0.4, 0.5) is 0 Å². The van der Waals surface area contributed by atoms with Crippen molar-refractivity contribution in [1.82, 2.24) is 15.0 Å². The van der Waals surface area contributed by atoms with E-state index in [4.69, 9.17) is 4.74 Å². The van der Waals surface area contributed by atoms with Crippen molar-refractivity contribution < 1.29 is 18.3 Å². The summed E-state index contributed by atoms with van der Waals surface area (Å²) in [7, 11) is -3.28. The number of rotatable bonds is 6. The van der Waals surface area contributed by atoms with Gasteiger partial charge in [-0.1, -0.05) is 0 Å². The highest BCUT2D eigenvalue weighted by Crippen LogP contribution is 2.14. The fourth-order valence-electron chi connectivity index (χ4n) is 2.03. The van der Waals surface area contributed by atoms with Gasteiger partial charge in [0.25, 0.3) is 0 Å². The zero-order valence-corrected chi connectivity index (χ0v) is 12.0. The Morgan fingerprint density at radius 2 is 2.15 bits per heavy atom. The molecule has 0 aromatic carbocycles. The summed E-state index contributed by atoms with van der Waals surface area (Å²) >= 11 is 0. The monoisotopic (exact) mass is 301 g/mol. The van der Waals surface area contributed by atoms with E-state index in [-0.39, 0.29) is 12.6 Å². The number of ether oxygens (including phenoxy) is 1. The number of nitrogens with zero attached hydrogens (tertiary/aromatic N) is 1. The van der Waals surface area contributed by atoms with Crippen molar-refractivity contribution in [3.05, 3.63) is 30.1 Å². The van der Waals surface area contributed by atoms with Crippen molar-refractivity contribution >= 4 is 10.0 Å². The maximum Gasteiger partial charge on any atom is 0.208 e. The predicted octanol–water partition coefficient (Wildman–Crippen LogP) is -1.15. The van der Waals surface area contributed by atoms with Gasteiger partial charge in [-0.3, -0.25) is 4.98 Å². The van der Waals surface area contributed by atoms with Crippen molar-refractivity contribution in [3.63, 3.8) is 0 Å². The summed E-state index contributed by atoms with van der Waals surface area (Å²) in [5.41, 5.74) is 1.06. The van der Waals surface area contributed by atoms with E-state index in [0.29, 0.717) is 13.2 Å². The average Bonchev–Trinajstić information content (AvgIpc) is 2.75. The molecule has 3 atom stereocenters. The van der Waals surface area contributed by atoms with Crippen LogP contribution in [-0.4, -0.2) is 56.2 Å².